The van der Waals surface area contributed by atoms with Crippen LogP contribution in [0.4, 0.5) is 0 Å². The lowest BCUT2D eigenvalue weighted by atomic mass is 9.83. The van der Waals surface area contributed by atoms with Crippen molar-refractivity contribution in [1.82, 2.24) is 0 Å². The quantitative estimate of drug-likeness (QED) is 0.171. The van der Waals surface area contributed by atoms with E-state index in [9.17, 15) is 29.1 Å². The Morgan fingerprint density at radius 2 is 1.58 bits per heavy atom. The van der Waals surface area contributed by atoms with E-state index in [0.717, 1.165) is 0 Å². The SMILES string of the molecule is CCC(C)C(=O)O[C@@H]1/C(CO)=C/[C@@]23O[C@@]2(C[C@H](C)[C@@H]3OC(C)=O)C(OC(C)=O)/C(COC(C)=O)=C/[C@@H]2[C@H](C1OC(C)=O)C2(C)C. The average Bonchev–Trinajstić information content (AvgIpc) is 3.72. The summed E-state index contributed by atoms with van der Waals surface area (Å²) in [5.41, 5.74) is -2.60. The molecule has 0 spiro atoms. The van der Waals surface area contributed by atoms with Gasteiger partial charge in [-0.25, -0.2) is 0 Å². The zero-order valence-corrected chi connectivity index (χ0v) is 27.5. The van der Waals surface area contributed by atoms with Crippen molar-refractivity contribution in [2.24, 2.45) is 29.1 Å². The van der Waals surface area contributed by atoms with Crippen LogP contribution in [-0.2, 0) is 52.4 Å². The molecule has 1 heterocycles. The molecule has 45 heavy (non-hydrogen) atoms. The summed E-state index contributed by atoms with van der Waals surface area (Å²) >= 11 is 0. The van der Waals surface area contributed by atoms with Crippen LogP contribution in [-0.4, -0.2) is 83.8 Å². The molecule has 12 nitrogen and oxygen atoms in total. The summed E-state index contributed by atoms with van der Waals surface area (Å²) in [6, 6.07) is 0. The number of hydrogen-bond donors (Lipinski definition) is 1. The van der Waals surface area contributed by atoms with Crippen molar-refractivity contribution < 1.29 is 57.5 Å². The van der Waals surface area contributed by atoms with Crippen LogP contribution in [0, 0.1) is 29.1 Å². The number of carbonyl (C=O) groups excluding carboxylic acids is 5. The van der Waals surface area contributed by atoms with Crippen LogP contribution in [0.3, 0.4) is 0 Å². The molecule has 2 saturated carbocycles. The van der Waals surface area contributed by atoms with Gasteiger partial charge in [0.25, 0.3) is 0 Å². The second kappa shape index (κ2) is 12.5. The van der Waals surface area contributed by atoms with Gasteiger partial charge in [0.15, 0.2) is 17.8 Å². The Balaban J connectivity index is 2.02. The largest absolute Gasteiger partial charge is 0.461 e. The van der Waals surface area contributed by atoms with E-state index >= 15 is 0 Å². The van der Waals surface area contributed by atoms with Gasteiger partial charge in [-0.05, 0) is 41.7 Å². The van der Waals surface area contributed by atoms with Gasteiger partial charge in [-0.15, -0.1) is 0 Å². The van der Waals surface area contributed by atoms with E-state index in [1.54, 1.807) is 13.0 Å². The van der Waals surface area contributed by atoms with Crippen molar-refractivity contribution in [3.63, 3.8) is 0 Å². The minimum absolute atomic E-state index is 0.192. The Morgan fingerprint density at radius 3 is 2.11 bits per heavy atom. The number of carbonyl (C=O) groups is 5. The summed E-state index contributed by atoms with van der Waals surface area (Å²) in [7, 11) is 0. The first kappa shape index (κ1) is 34.6. The fourth-order valence-corrected chi connectivity index (χ4v) is 7.46. The van der Waals surface area contributed by atoms with Gasteiger partial charge in [0, 0.05) is 39.2 Å². The molecular weight excluding hydrogens is 588 g/mol. The minimum atomic E-state index is -1.43. The van der Waals surface area contributed by atoms with Crippen molar-refractivity contribution in [1.29, 1.82) is 0 Å². The van der Waals surface area contributed by atoms with E-state index in [1.165, 1.54) is 27.7 Å². The maximum Gasteiger partial charge on any atom is 0.309 e. The van der Waals surface area contributed by atoms with Gasteiger partial charge in [0.2, 0.25) is 0 Å². The summed E-state index contributed by atoms with van der Waals surface area (Å²) in [5.74, 6) is -4.39. The lowest BCUT2D eigenvalue weighted by Gasteiger charge is -2.31. The highest BCUT2D eigenvalue weighted by Gasteiger charge is 2.83. The normalized spacial score (nSPS) is 38.9. The van der Waals surface area contributed by atoms with Gasteiger partial charge in [-0.1, -0.05) is 40.7 Å². The van der Waals surface area contributed by atoms with Crippen molar-refractivity contribution in [2.75, 3.05) is 13.2 Å². The highest BCUT2D eigenvalue weighted by atomic mass is 16.7. The van der Waals surface area contributed by atoms with Crippen LogP contribution in [0.1, 0.15) is 75.2 Å². The topological polar surface area (TPSA) is 164 Å². The third-order valence-electron chi connectivity index (χ3n) is 9.86. The average molecular weight is 635 g/mol. The monoisotopic (exact) mass is 634 g/mol. The maximum atomic E-state index is 13.3. The molecule has 0 amide bonds. The number of rotatable bonds is 9. The lowest BCUT2D eigenvalue weighted by molar-refractivity contribution is -0.169. The molecule has 10 atom stereocenters. The minimum Gasteiger partial charge on any atom is -0.461 e. The van der Waals surface area contributed by atoms with Crippen LogP contribution in [0.5, 0.6) is 0 Å². The van der Waals surface area contributed by atoms with E-state index in [1.807, 2.05) is 33.8 Å². The van der Waals surface area contributed by atoms with Crippen LogP contribution < -0.4 is 0 Å². The van der Waals surface area contributed by atoms with Gasteiger partial charge in [0.1, 0.15) is 24.4 Å². The predicted octanol–water partition coefficient (Wildman–Crippen LogP) is 2.98. The molecule has 3 fully saturated rings. The molecule has 4 rings (SSSR count). The van der Waals surface area contributed by atoms with Crippen LogP contribution in [0.25, 0.3) is 0 Å². The number of hydrogen-bond acceptors (Lipinski definition) is 12. The number of aliphatic hydroxyl groups excluding tert-OH is 1. The zero-order valence-electron chi connectivity index (χ0n) is 27.5. The van der Waals surface area contributed by atoms with Crippen molar-refractivity contribution >= 4 is 29.8 Å². The molecule has 3 unspecified atom stereocenters. The number of esters is 5. The molecule has 1 N–H and O–H groups in total. The van der Waals surface area contributed by atoms with E-state index in [4.69, 9.17) is 28.4 Å². The number of ether oxygens (including phenoxy) is 6. The zero-order chi connectivity index (χ0) is 33.6. The molecule has 1 aliphatic heterocycles. The third kappa shape index (κ3) is 6.27. The Bertz CT molecular complexity index is 1300. The second-order valence-electron chi connectivity index (χ2n) is 13.5. The number of allylic oxidation sites excluding steroid dienone is 1. The molecule has 1 saturated heterocycles. The summed E-state index contributed by atoms with van der Waals surface area (Å²) in [6.45, 7) is 13.6. The van der Waals surface area contributed by atoms with Gasteiger partial charge in [0.05, 0.1) is 12.5 Å². The summed E-state index contributed by atoms with van der Waals surface area (Å²) in [6.07, 6.45) is 0.0271. The molecule has 0 aromatic carbocycles. The molecule has 0 bridgehead atoms. The first-order chi connectivity index (χ1) is 20.9. The van der Waals surface area contributed by atoms with Crippen LogP contribution in [0.2, 0.25) is 0 Å². The molecule has 0 aromatic rings. The van der Waals surface area contributed by atoms with Crippen molar-refractivity contribution in [3.8, 4) is 0 Å². The van der Waals surface area contributed by atoms with E-state index in [2.05, 4.69) is 0 Å². The highest BCUT2D eigenvalue weighted by Crippen LogP contribution is 2.69. The number of fused-ring (bicyclic) bond motifs is 1. The maximum absolute atomic E-state index is 13.3. The Labute approximate surface area is 263 Å². The first-order valence-corrected chi connectivity index (χ1v) is 15.5. The molecule has 250 valence electrons. The van der Waals surface area contributed by atoms with E-state index in [-0.39, 0.29) is 30.4 Å². The van der Waals surface area contributed by atoms with Gasteiger partial charge in [-0.2, -0.15) is 0 Å². The third-order valence-corrected chi connectivity index (χ3v) is 9.86. The van der Waals surface area contributed by atoms with Crippen molar-refractivity contribution in [2.45, 2.75) is 111 Å². The smallest absolute Gasteiger partial charge is 0.309 e. The van der Waals surface area contributed by atoms with E-state index in [0.29, 0.717) is 12.0 Å². The fraction of sp³-hybridized carbons (Fsp3) is 0.727. The molecule has 12 heteroatoms. The molecular formula is C33H46O12. The van der Waals surface area contributed by atoms with Crippen molar-refractivity contribution in [3.05, 3.63) is 23.3 Å². The highest BCUT2D eigenvalue weighted by molar-refractivity contribution is 5.73. The molecule has 0 aromatic heterocycles. The molecule has 4 aliphatic rings. The van der Waals surface area contributed by atoms with Crippen LogP contribution in [0.15, 0.2) is 23.3 Å². The lowest BCUT2D eigenvalue weighted by Crippen LogP contribution is -2.44. The summed E-state index contributed by atoms with van der Waals surface area (Å²) < 4.78 is 35.8. The van der Waals surface area contributed by atoms with Crippen LogP contribution >= 0.6 is 0 Å². The second-order valence-corrected chi connectivity index (χ2v) is 13.5. The Kier molecular flexibility index (Phi) is 9.62. The standard InChI is InChI=1S/C33H46O12/c1-10-16(2)30(39)44-26-23(14-34)13-33-28(42-20(6)37)17(3)12-32(33,45-33)29(43-21(7)38)22(15-40-18(4)35)11-24-25(31(24,8)9)27(26)41-19(5)36/h11,13,16-17,24-29,34H,10,12,14-15H2,1-9H3/b22-11+,23-13+/t16?,17-,24+,25+,26+,27?,28-,29?,32-,33-/m0/s1. The van der Waals surface area contributed by atoms with Gasteiger partial charge in [-0.3, -0.25) is 24.0 Å². The number of epoxide rings is 1. The number of aliphatic hydroxyl groups is 1. The molecule has 0 radical (unpaired) electrons. The van der Waals surface area contributed by atoms with Gasteiger partial charge < -0.3 is 33.5 Å². The first-order valence-electron chi connectivity index (χ1n) is 15.5. The summed E-state index contributed by atoms with van der Waals surface area (Å²) in [4.78, 5) is 62.8. The Morgan fingerprint density at radius 1 is 0.956 bits per heavy atom. The fourth-order valence-electron chi connectivity index (χ4n) is 7.46. The Hall–Kier alpha value is -3.25. The predicted molar refractivity (Wildman–Crippen MR) is 157 cm³/mol. The van der Waals surface area contributed by atoms with Gasteiger partial charge >= 0.3 is 29.8 Å². The summed E-state index contributed by atoms with van der Waals surface area (Å²) in [5, 5.41) is 10.9. The molecule has 3 aliphatic carbocycles. The van der Waals surface area contributed by atoms with E-state index < -0.39 is 89.3 Å².